The van der Waals surface area contributed by atoms with Gasteiger partial charge >= 0.3 is 0 Å². The number of carbonyl (C=O) groups excluding carboxylic acids is 1. The molecule has 1 amide bonds. The first kappa shape index (κ1) is 19.7. The van der Waals surface area contributed by atoms with Crippen LogP contribution in [0.15, 0.2) is 53.1 Å². The number of benzene rings is 1. The number of thiophene rings is 2. The fourth-order valence-corrected chi connectivity index (χ4v) is 6.96. The SMILES string of the molecule is Cc1sc2ncnc(SCC(=O)N3CCc4sccc4[C@H]3c3ccccc3)c2c1C. The monoisotopic (exact) mass is 451 g/mol. The summed E-state index contributed by atoms with van der Waals surface area (Å²) in [5, 5.41) is 4.14. The fourth-order valence-electron chi connectivity index (χ4n) is 4.05. The number of nitrogens with zero attached hydrogens (tertiary/aromatic N) is 3. The number of thioether (sulfide) groups is 1. The number of aryl methyl sites for hydroxylation is 2. The Balaban J connectivity index is 1.42. The van der Waals surface area contributed by atoms with Crippen molar-refractivity contribution in [1.29, 1.82) is 0 Å². The van der Waals surface area contributed by atoms with Gasteiger partial charge in [-0.25, -0.2) is 9.97 Å². The van der Waals surface area contributed by atoms with Crippen LogP contribution < -0.4 is 0 Å². The summed E-state index contributed by atoms with van der Waals surface area (Å²) >= 11 is 5.01. The summed E-state index contributed by atoms with van der Waals surface area (Å²) in [7, 11) is 0. The van der Waals surface area contributed by atoms with Gasteiger partial charge in [-0.2, -0.15) is 0 Å². The molecule has 0 saturated heterocycles. The highest BCUT2D eigenvalue weighted by Gasteiger charge is 2.32. The second-order valence-corrected chi connectivity index (χ2v) is 10.5. The largest absolute Gasteiger partial charge is 0.330 e. The van der Waals surface area contributed by atoms with Gasteiger partial charge in [0.05, 0.1) is 11.8 Å². The van der Waals surface area contributed by atoms with E-state index >= 15 is 0 Å². The molecule has 4 nitrogen and oxygen atoms in total. The first-order valence-corrected chi connectivity index (χ1v) is 12.6. The van der Waals surface area contributed by atoms with Crippen LogP contribution in [-0.4, -0.2) is 33.1 Å². The lowest BCUT2D eigenvalue weighted by atomic mass is 9.93. The predicted molar refractivity (Wildman–Crippen MR) is 126 cm³/mol. The van der Waals surface area contributed by atoms with Gasteiger partial charge in [0.15, 0.2) is 0 Å². The molecule has 7 heteroatoms. The van der Waals surface area contributed by atoms with Crippen LogP contribution in [0.5, 0.6) is 0 Å². The van der Waals surface area contributed by atoms with Crippen LogP contribution in [0.2, 0.25) is 0 Å². The first-order valence-electron chi connectivity index (χ1n) is 9.87. The van der Waals surface area contributed by atoms with Crippen molar-refractivity contribution in [3.63, 3.8) is 0 Å². The van der Waals surface area contributed by atoms with E-state index in [0.29, 0.717) is 5.75 Å². The standard InChI is InChI=1S/C23H21N3OS3/c1-14-15(2)30-23-20(14)22(24-13-25-23)29-12-19(27)26-10-8-18-17(9-11-28-18)21(26)16-6-4-3-5-7-16/h3-7,9,11,13,21H,8,10,12H2,1-2H3/t21-/m1/s1. The van der Waals surface area contributed by atoms with Crippen LogP contribution in [0.3, 0.4) is 0 Å². The quantitative estimate of drug-likeness (QED) is 0.298. The normalized spacial score (nSPS) is 16.1. The van der Waals surface area contributed by atoms with Gasteiger partial charge in [0.2, 0.25) is 5.91 Å². The minimum atomic E-state index is -0.00940. The molecule has 4 aromatic rings. The van der Waals surface area contributed by atoms with Gasteiger partial charge in [-0.1, -0.05) is 42.1 Å². The number of carbonyl (C=O) groups is 1. The van der Waals surface area contributed by atoms with E-state index in [0.717, 1.165) is 28.2 Å². The molecule has 0 fully saturated rings. The highest BCUT2D eigenvalue weighted by atomic mass is 32.2. The van der Waals surface area contributed by atoms with Crippen molar-refractivity contribution in [2.24, 2.45) is 0 Å². The zero-order chi connectivity index (χ0) is 20.7. The van der Waals surface area contributed by atoms with Gasteiger partial charge in [0, 0.05) is 21.7 Å². The smallest absolute Gasteiger partial charge is 0.233 e. The molecular weight excluding hydrogens is 430 g/mol. The summed E-state index contributed by atoms with van der Waals surface area (Å²) in [6.07, 6.45) is 2.53. The van der Waals surface area contributed by atoms with Crippen molar-refractivity contribution in [2.45, 2.75) is 31.3 Å². The second-order valence-electron chi connectivity index (χ2n) is 7.38. The first-order chi connectivity index (χ1) is 14.6. The molecule has 1 aromatic carbocycles. The lowest BCUT2D eigenvalue weighted by Crippen LogP contribution is -2.41. The van der Waals surface area contributed by atoms with Gasteiger partial charge in [-0.15, -0.1) is 22.7 Å². The maximum Gasteiger partial charge on any atom is 0.233 e. The van der Waals surface area contributed by atoms with Crippen molar-refractivity contribution in [3.8, 4) is 0 Å². The Hall–Kier alpha value is -2.22. The lowest BCUT2D eigenvalue weighted by molar-refractivity contribution is -0.130. The maximum atomic E-state index is 13.4. The molecule has 4 heterocycles. The molecule has 0 bridgehead atoms. The molecule has 1 aliphatic heterocycles. The van der Waals surface area contributed by atoms with Crippen molar-refractivity contribution >= 4 is 50.6 Å². The number of hydrogen-bond donors (Lipinski definition) is 0. The molecule has 1 aliphatic rings. The zero-order valence-electron chi connectivity index (χ0n) is 16.8. The van der Waals surface area contributed by atoms with E-state index in [-0.39, 0.29) is 11.9 Å². The van der Waals surface area contributed by atoms with Crippen LogP contribution in [0.25, 0.3) is 10.2 Å². The molecule has 0 N–H and O–H groups in total. The number of hydrogen-bond acceptors (Lipinski definition) is 6. The van der Waals surface area contributed by atoms with E-state index in [1.54, 1.807) is 29.0 Å². The Morgan fingerprint density at radius 1 is 1.20 bits per heavy atom. The number of aromatic nitrogens is 2. The molecule has 0 radical (unpaired) electrons. The van der Waals surface area contributed by atoms with Crippen molar-refractivity contribution in [1.82, 2.24) is 14.9 Å². The fraction of sp³-hybridized carbons (Fsp3) is 0.261. The van der Waals surface area contributed by atoms with Crippen LogP contribution in [0, 0.1) is 13.8 Å². The maximum absolute atomic E-state index is 13.4. The zero-order valence-corrected chi connectivity index (χ0v) is 19.2. The summed E-state index contributed by atoms with van der Waals surface area (Å²) in [5.74, 6) is 0.533. The van der Waals surface area contributed by atoms with Gasteiger partial charge in [0.25, 0.3) is 0 Å². The van der Waals surface area contributed by atoms with Crippen LogP contribution in [-0.2, 0) is 11.2 Å². The molecule has 152 valence electrons. The third kappa shape index (κ3) is 3.45. The van der Waals surface area contributed by atoms with Crippen LogP contribution in [0.1, 0.15) is 32.5 Å². The molecule has 0 spiro atoms. The minimum Gasteiger partial charge on any atom is -0.330 e. The predicted octanol–water partition coefficient (Wildman–Crippen LogP) is 5.64. The van der Waals surface area contributed by atoms with E-state index in [1.807, 2.05) is 23.1 Å². The van der Waals surface area contributed by atoms with E-state index in [4.69, 9.17) is 0 Å². The van der Waals surface area contributed by atoms with Gasteiger partial charge in [-0.3, -0.25) is 4.79 Å². The Labute approximate surface area is 188 Å². The average Bonchev–Trinajstić information content (AvgIpc) is 3.36. The van der Waals surface area contributed by atoms with Gasteiger partial charge in [-0.05, 0) is 48.4 Å². The topological polar surface area (TPSA) is 46.1 Å². The molecule has 1 atom stereocenters. The summed E-state index contributed by atoms with van der Waals surface area (Å²) in [6, 6.07) is 12.5. The van der Waals surface area contributed by atoms with Crippen molar-refractivity contribution in [3.05, 3.63) is 74.6 Å². The third-order valence-corrected chi connectivity index (χ3v) is 8.75. The van der Waals surface area contributed by atoms with E-state index in [2.05, 4.69) is 47.4 Å². The second kappa shape index (κ2) is 8.13. The molecule has 0 unspecified atom stereocenters. The van der Waals surface area contributed by atoms with E-state index < -0.39 is 0 Å². The molecule has 5 rings (SSSR count). The number of fused-ring (bicyclic) bond motifs is 2. The highest BCUT2D eigenvalue weighted by Crippen LogP contribution is 2.39. The van der Waals surface area contributed by atoms with E-state index in [9.17, 15) is 4.79 Å². The Morgan fingerprint density at radius 2 is 2.03 bits per heavy atom. The van der Waals surface area contributed by atoms with Crippen LogP contribution >= 0.6 is 34.4 Å². The average molecular weight is 452 g/mol. The summed E-state index contributed by atoms with van der Waals surface area (Å²) < 4.78 is 0. The van der Waals surface area contributed by atoms with E-state index in [1.165, 1.54) is 38.2 Å². The summed E-state index contributed by atoms with van der Waals surface area (Å²) in [5.41, 5.74) is 3.65. The Kier molecular flexibility index (Phi) is 5.35. The van der Waals surface area contributed by atoms with Gasteiger partial charge in [0.1, 0.15) is 16.2 Å². The van der Waals surface area contributed by atoms with Crippen molar-refractivity contribution < 1.29 is 4.79 Å². The molecule has 0 saturated carbocycles. The number of rotatable bonds is 4. The Morgan fingerprint density at radius 3 is 2.87 bits per heavy atom. The molecule has 30 heavy (non-hydrogen) atoms. The summed E-state index contributed by atoms with van der Waals surface area (Å²) in [4.78, 5) is 28.0. The van der Waals surface area contributed by atoms with Crippen molar-refractivity contribution in [2.75, 3.05) is 12.3 Å². The van der Waals surface area contributed by atoms with Crippen LogP contribution in [0.4, 0.5) is 0 Å². The Bertz CT molecular complexity index is 1220. The van der Waals surface area contributed by atoms with Gasteiger partial charge < -0.3 is 4.90 Å². The lowest BCUT2D eigenvalue weighted by Gasteiger charge is -2.36. The minimum absolute atomic E-state index is 0.00940. The third-order valence-electron chi connectivity index (χ3n) is 5.66. The summed E-state index contributed by atoms with van der Waals surface area (Å²) in [6.45, 7) is 4.97. The molecule has 0 aliphatic carbocycles. The number of amides is 1. The molecule has 3 aromatic heterocycles. The highest BCUT2D eigenvalue weighted by molar-refractivity contribution is 8.00. The molecular formula is C23H21N3OS3.